The van der Waals surface area contributed by atoms with Crippen molar-refractivity contribution >= 4 is 5.97 Å². The Morgan fingerprint density at radius 2 is 1.62 bits per heavy atom. The van der Waals surface area contributed by atoms with E-state index in [0.717, 1.165) is 0 Å². The van der Waals surface area contributed by atoms with E-state index in [0.29, 0.717) is 5.56 Å². The molecular weight excluding hydrogens is 206 g/mol. The number of benzene rings is 1. The summed E-state index contributed by atoms with van der Waals surface area (Å²) in [4.78, 5) is 27.4. The average Bonchev–Trinajstić information content (AvgIpc) is 2.33. The second-order valence-electron chi connectivity index (χ2n) is 3.14. The molecule has 0 unspecified atom stereocenters. The monoisotopic (exact) mass is 215 g/mol. The summed E-state index contributed by atoms with van der Waals surface area (Å²) in [6.45, 7) is 0. The topological polar surface area (TPSA) is 48.3 Å². The third kappa shape index (κ3) is 2.36. The second-order valence-corrected chi connectivity index (χ2v) is 3.14. The highest BCUT2D eigenvalue weighted by Gasteiger charge is 2.06. The standard InChI is InChI=1S/C12H9NO3/c14-11-6-8-13(9-7-11)16-12(15)10-4-2-1-3-5-10/h1-9H. The first-order chi connectivity index (χ1) is 7.75. The van der Waals surface area contributed by atoms with Crippen LogP contribution < -0.4 is 10.3 Å². The zero-order valence-corrected chi connectivity index (χ0v) is 8.37. The molecule has 0 aliphatic heterocycles. The first-order valence-corrected chi connectivity index (χ1v) is 4.72. The van der Waals surface area contributed by atoms with Gasteiger partial charge in [0.25, 0.3) is 0 Å². The van der Waals surface area contributed by atoms with Crippen molar-refractivity contribution in [2.24, 2.45) is 0 Å². The lowest BCUT2D eigenvalue weighted by molar-refractivity contribution is 0.0458. The van der Waals surface area contributed by atoms with Crippen molar-refractivity contribution in [2.45, 2.75) is 0 Å². The fourth-order valence-corrected chi connectivity index (χ4v) is 1.18. The Bertz CT molecular complexity index is 525. The molecule has 0 N–H and O–H groups in total. The Kier molecular flexibility index (Phi) is 2.82. The van der Waals surface area contributed by atoms with Crippen LogP contribution in [0, 0.1) is 0 Å². The predicted octanol–water partition coefficient (Wildman–Crippen LogP) is 1.12. The van der Waals surface area contributed by atoms with Gasteiger partial charge in [-0.2, -0.15) is 4.73 Å². The first kappa shape index (κ1) is 10.2. The number of nitrogens with zero attached hydrogens (tertiary/aromatic N) is 1. The number of aromatic nitrogens is 1. The van der Waals surface area contributed by atoms with E-state index in [1.54, 1.807) is 24.3 Å². The number of hydrogen-bond acceptors (Lipinski definition) is 3. The van der Waals surface area contributed by atoms with Gasteiger partial charge in [-0.15, -0.1) is 0 Å². The van der Waals surface area contributed by atoms with Crippen LogP contribution in [0.15, 0.2) is 59.7 Å². The molecular formula is C12H9NO3. The summed E-state index contributed by atoms with van der Waals surface area (Å²) in [5, 5.41) is 0. The summed E-state index contributed by atoms with van der Waals surface area (Å²) in [5.41, 5.74) is 0.327. The van der Waals surface area contributed by atoms with Gasteiger partial charge in [0.1, 0.15) is 0 Å². The van der Waals surface area contributed by atoms with E-state index in [1.807, 2.05) is 6.07 Å². The molecule has 0 fully saturated rings. The summed E-state index contributed by atoms with van der Waals surface area (Å²) in [5.74, 6) is -0.468. The Labute approximate surface area is 91.7 Å². The third-order valence-electron chi connectivity index (χ3n) is 1.97. The quantitative estimate of drug-likeness (QED) is 0.754. The minimum Gasteiger partial charge on any atom is -0.332 e. The van der Waals surface area contributed by atoms with Gasteiger partial charge in [-0.25, -0.2) is 4.79 Å². The lowest BCUT2D eigenvalue weighted by Gasteiger charge is -2.05. The Hall–Kier alpha value is -2.36. The Morgan fingerprint density at radius 3 is 2.25 bits per heavy atom. The smallest absolute Gasteiger partial charge is 0.332 e. The molecule has 4 heteroatoms. The van der Waals surface area contributed by atoms with Gasteiger partial charge in [0.2, 0.25) is 0 Å². The molecule has 80 valence electrons. The minimum atomic E-state index is -0.468. The number of pyridine rings is 1. The highest BCUT2D eigenvalue weighted by Crippen LogP contribution is 1.98. The predicted molar refractivity (Wildman–Crippen MR) is 58.1 cm³/mol. The van der Waals surface area contributed by atoms with Crippen molar-refractivity contribution in [3.8, 4) is 0 Å². The van der Waals surface area contributed by atoms with E-state index in [1.165, 1.54) is 29.3 Å². The van der Waals surface area contributed by atoms with Crippen LogP contribution in [0.2, 0.25) is 0 Å². The average molecular weight is 215 g/mol. The molecule has 2 rings (SSSR count). The van der Waals surface area contributed by atoms with Crippen LogP contribution in [0.5, 0.6) is 0 Å². The van der Waals surface area contributed by atoms with Gasteiger partial charge in [-0.05, 0) is 12.1 Å². The molecule has 0 aliphatic carbocycles. The molecule has 1 aromatic heterocycles. The van der Waals surface area contributed by atoms with E-state index in [-0.39, 0.29) is 5.43 Å². The van der Waals surface area contributed by atoms with Crippen LogP contribution in [-0.4, -0.2) is 10.7 Å². The summed E-state index contributed by atoms with van der Waals surface area (Å²) in [7, 11) is 0. The van der Waals surface area contributed by atoms with E-state index in [9.17, 15) is 9.59 Å². The maximum Gasteiger partial charge on any atom is 0.363 e. The zero-order valence-electron chi connectivity index (χ0n) is 8.37. The van der Waals surface area contributed by atoms with Crippen molar-refractivity contribution in [2.75, 3.05) is 0 Å². The molecule has 0 spiro atoms. The van der Waals surface area contributed by atoms with Crippen LogP contribution in [0.25, 0.3) is 0 Å². The molecule has 0 amide bonds. The molecule has 4 nitrogen and oxygen atoms in total. The van der Waals surface area contributed by atoms with Crippen molar-refractivity contribution < 1.29 is 9.63 Å². The molecule has 0 bridgehead atoms. The summed E-state index contributed by atoms with van der Waals surface area (Å²) in [6, 6.07) is 11.3. The highest BCUT2D eigenvalue weighted by molar-refractivity contribution is 5.89. The van der Waals surface area contributed by atoms with E-state index in [4.69, 9.17) is 4.84 Å². The van der Waals surface area contributed by atoms with Gasteiger partial charge in [0.15, 0.2) is 5.43 Å². The second kappa shape index (κ2) is 4.44. The number of rotatable bonds is 2. The van der Waals surface area contributed by atoms with E-state index >= 15 is 0 Å². The third-order valence-corrected chi connectivity index (χ3v) is 1.97. The van der Waals surface area contributed by atoms with Gasteiger partial charge in [-0.3, -0.25) is 4.79 Å². The van der Waals surface area contributed by atoms with Crippen molar-refractivity contribution in [3.63, 3.8) is 0 Å². The van der Waals surface area contributed by atoms with Crippen molar-refractivity contribution in [3.05, 3.63) is 70.6 Å². The molecule has 0 atom stereocenters. The lowest BCUT2D eigenvalue weighted by Crippen LogP contribution is -2.20. The highest BCUT2D eigenvalue weighted by atomic mass is 16.7. The van der Waals surface area contributed by atoms with Crippen molar-refractivity contribution in [1.29, 1.82) is 0 Å². The molecule has 1 heterocycles. The Morgan fingerprint density at radius 1 is 1.00 bits per heavy atom. The molecule has 0 aliphatic rings. The maximum atomic E-state index is 11.6. The number of carbonyl (C=O) groups is 1. The fraction of sp³-hybridized carbons (Fsp3) is 0. The van der Waals surface area contributed by atoms with Gasteiger partial charge < -0.3 is 4.84 Å². The van der Waals surface area contributed by atoms with Crippen LogP contribution in [0.4, 0.5) is 0 Å². The van der Waals surface area contributed by atoms with Gasteiger partial charge in [0.05, 0.1) is 5.56 Å². The van der Waals surface area contributed by atoms with Crippen LogP contribution in [-0.2, 0) is 0 Å². The molecule has 0 saturated heterocycles. The van der Waals surface area contributed by atoms with E-state index in [2.05, 4.69) is 0 Å². The van der Waals surface area contributed by atoms with Crippen LogP contribution in [0.1, 0.15) is 10.4 Å². The van der Waals surface area contributed by atoms with Crippen LogP contribution >= 0.6 is 0 Å². The van der Waals surface area contributed by atoms with Crippen molar-refractivity contribution in [1.82, 2.24) is 4.73 Å². The molecule has 0 radical (unpaired) electrons. The normalized spacial score (nSPS) is 9.75. The van der Waals surface area contributed by atoms with Crippen LogP contribution in [0.3, 0.4) is 0 Å². The fourth-order valence-electron chi connectivity index (χ4n) is 1.18. The largest absolute Gasteiger partial charge is 0.363 e. The summed E-state index contributed by atoms with van der Waals surface area (Å²) >= 11 is 0. The minimum absolute atomic E-state index is 0.132. The lowest BCUT2D eigenvalue weighted by atomic mass is 10.2. The van der Waals surface area contributed by atoms with E-state index < -0.39 is 5.97 Å². The number of hydrogen-bond donors (Lipinski definition) is 0. The summed E-state index contributed by atoms with van der Waals surface area (Å²) in [6.07, 6.45) is 2.78. The Balaban J connectivity index is 2.14. The maximum absolute atomic E-state index is 11.6. The zero-order chi connectivity index (χ0) is 11.4. The molecule has 1 aromatic carbocycles. The molecule has 0 saturated carbocycles. The first-order valence-electron chi connectivity index (χ1n) is 4.72. The SMILES string of the molecule is O=C(On1ccc(=O)cc1)c1ccccc1. The molecule has 2 aromatic rings. The summed E-state index contributed by atoms with van der Waals surface area (Å²) < 4.78 is 1.19. The van der Waals surface area contributed by atoms with Gasteiger partial charge in [0, 0.05) is 24.5 Å². The van der Waals surface area contributed by atoms with Gasteiger partial charge >= 0.3 is 5.97 Å². The van der Waals surface area contributed by atoms with Gasteiger partial charge in [-0.1, -0.05) is 18.2 Å². The number of carbonyl (C=O) groups excluding carboxylic acids is 1. The molecule has 16 heavy (non-hydrogen) atoms.